The lowest BCUT2D eigenvalue weighted by molar-refractivity contribution is -0.384. The molecule has 0 aliphatic rings. The summed E-state index contributed by atoms with van der Waals surface area (Å²) < 4.78 is 2.20. The molecule has 5 nitrogen and oxygen atoms in total. The number of aromatic nitrogens is 1. The third-order valence-corrected chi connectivity index (χ3v) is 4.73. The van der Waals surface area contributed by atoms with Crippen molar-refractivity contribution in [1.82, 2.24) is 4.73 Å². The Kier molecular flexibility index (Phi) is 4.73. The van der Waals surface area contributed by atoms with E-state index in [1.165, 1.54) is 23.5 Å². The van der Waals surface area contributed by atoms with E-state index in [2.05, 4.69) is 0 Å². The normalized spacial score (nSPS) is 11.9. The summed E-state index contributed by atoms with van der Waals surface area (Å²) in [5.74, 6) is 0. The van der Waals surface area contributed by atoms with Crippen molar-refractivity contribution >= 4 is 29.2 Å². The Labute approximate surface area is 147 Å². The molecule has 1 aromatic heterocycles. The van der Waals surface area contributed by atoms with Crippen molar-refractivity contribution in [3.63, 3.8) is 0 Å². The van der Waals surface area contributed by atoms with Gasteiger partial charge in [0.05, 0.1) is 10.6 Å². The minimum atomic E-state index is -0.419. The molecule has 0 N–H and O–H groups in total. The fourth-order valence-electron chi connectivity index (χ4n) is 2.28. The van der Waals surface area contributed by atoms with E-state index in [1.54, 1.807) is 16.9 Å². The van der Waals surface area contributed by atoms with Gasteiger partial charge in [-0.25, -0.2) is 0 Å². The lowest BCUT2D eigenvalue weighted by atomic mass is 10.1. The first-order valence-corrected chi connectivity index (χ1v) is 8.52. The minimum Gasteiger partial charge on any atom is -0.404 e. The van der Waals surface area contributed by atoms with E-state index in [9.17, 15) is 10.1 Å². The highest BCUT2D eigenvalue weighted by atomic mass is 32.1. The first-order valence-electron chi connectivity index (χ1n) is 7.23. The molecular weight excluding hydrogens is 344 g/mol. The predicted molar refractivity (Wildman–Crippen MR) is 96.7 cm³/mol. The number of rotatable bonds is 5. The molecule has 0 bridgehead atoms. The molecule has 0 aliphatic heterocycles. The minimum absolute atomic E-state index is 0.0534. The molecule has 1 unspecified atom stereocenters. The van der Waals surface area contributed by atoms with Crippen LogP contribution in [0.4, 0.5) is 5.69 Å². The Morgan fingerprint density at radius 2 is 1.83 bits per heavy atom. The summed E-state index contributed by atoms with van der Waals surface area (Å²) in [4.78, 5) is 16.4. The van der Waals surface area contributed by atoms with Crippen LogP contribution < -0.4 is 4.84 Å². The van der Waals surface area contributed by atoms with Crippen molar-refractivity contribution in [3.8, 4) is 11.3 Å². The molecule has 0 spiro atoms. The number of hydrogen-bond acceptors (Lipinski definition) is 5. The second-order valence-electron chi connectivity index (χ2n) is 5.14. The van der Waals surface area contributed by atoms with Gasteiger partial charge >= 0.3 is 0 Å². The van der Waals surface area contributed by atoms with Gasteiger partial charge < -0.3 is 4.84 Å². The monoisotopic (exact) mass is 358 g/mol. The fraction of sp³-hybridized carbons (Fsp3) is 0.118. The van der Waals surface area contributed by atoms with Crippen LogP contribution in [0, 0.1) is 14.1 Å². The van der Waals surface area contributed by atoms with E-state index in [0.29, 0.717) is 3.95 Å². The number of thiazole rings is 1. The van der Waals surface area contributed by atoms with E-state index in [0.717, 1.165) is 16.8 Å². The number of nitro groups is 1. The molecular formula is C17H14N2O3S2. The molecule has 0 saturated carbocycles. The lowest BCUT2D eigenvalue weighted by Gasteiger charge is -2.17. The van der Waals surface area contributed by atoms with Crippen molar-refractivity contribution in [3.05, 3.63) is 79.6 Å². The van der Waals surface area contributed by atoms with Crippen LogP contribution in [0.1, 0.15) is 18.6 Å². The van der Waals surface area contributed by atoms with E-state index >= 15 is 0 Å². The van der Waals surface area contributed by atoms with Crippen molar-refractivity contribution in [2.24, 2.45) is 0 Å². The molecule has 1 atom stereocenters. The highest BCUT2D eigenvalue weighted by Crippen LogP contribution is 2.27. The van der Waals surface area contributed by atoms with Gasteiger partial charge in [-0.3, -0.25) is 10.1 Å². The number of hydrogen-bond donors (Lipinski definition) is 0. The Hall–Kier alpha value is -2.51. The SMILES string of the molecule is CC(On1c(-c2ccc([N+](=O)[O-])cc2)csc1=S)c1ccccc1. The summed E-state index contributed by atoms with van der Waals surface area (Å²) in [5.41, 5.74) is 2.69. The van der Waals surface area contributed by atoms with Crippen molar-refractivity contribution < 1.29 is 9.76 Å². The van der Waals surface area contributed by atoms with E-state index in [1.807, 2.05) is 42.6 Å². The van der Waals surface area contributed by atoms with Crippen LogP contribution in [0.5, 0.6) is 0 Å². The van der Waals surface area contributed by atoms with E-state index in [4.69, 9.17) is 17.1 Å². The van der Waals surface area contributed by atoms with Gasteiger partial charge in [-0.15, -0.1) is 11.3 Å². The quantitative estimate of drug-likeness (QED) is 0.364. The van der Waals surface area contributed by atoms with Gasteiger partial charge in [0.2, 0.25) is 0 Å². The van der Waals surface area contributed by atoms with Gasteiger partial charge in [-0.1, -0.05) is 30.3 Å². The second kappa shape index (κ2) is 6.94. The molecule has 1 heterocycles. The van der Waals surface area contributed by atoms with Crippen molar-refractivity contribution in [2.75, 3.05) is 0 Å². The van der Waals surface area contributed by atoms with Gasteiger partial charge in [0.15, 0.2) is 3.95 Å². The second-order valence-corrected chi connectivity index (χ2v) is 6.65. The van der Waals surface area contributed by atoms with Crippen LogP contribution in [0.25, 0.3) is 11.3 Å². The number of benzene rings is 2. The zero-order valence-corrected chi connectivity index (χ0v) is 14.4. The highest BCUT2D eigenvalue weighted by molar-refractivity contribution is 7.73. The summed E-state index contributed by atoms with van der Waals surface area (Å²) >= 11 is 6.75. The average Bonchev–Trinajstić information content (AvgIpc) is 2.96. The van der Waals surface area contributed by atoms with Crippen LogP contribution in [0.3, 0.4) is 0 Å². The van der Waals surface area contributed by atoms with Gasteiger partial charge in [0, 0.05) is 23.1 Å². The molecule has 3 aromatic rings. The van der Waals surface area contributed by atoms with Gasteiger partial charge in [0.1, 0.15) is 6.10 Å². The standard InChI is InChI=1S/C17H14N2O3S2/c1-12(13-5-3-2-4-6-13)22-18-16(11-24-17(18)23)14-7-9-15(10-8-14)19(20)21/h2-12H,1H3. The largest absolute Gasteiger partial charge is 0.404 e. The Bertz CT molecular complexity index is 902. The molecule has 0 saturated heterocycles. The zero-order valence-electron chi connectivity index (χ0n) is 12.8. The molecule has 0 aliphatic carbocycles. The number of non-ortho nitro benzene ring substituents is 1. The van der Waals surface area contributed by atoms with Crippen LogP contribution >= 0.6 is 23.6 Å². The maximum Gasteiger partial charge on any atom is 0.269 e. The third-order valence-electron chi connectivity index (χ3n) is 3.56. The molecule has 2 aromatic carbocycles. The van der Waals surface area contributed by atoms with Crippen LogP contribution in [-0.4, -0.2) is 9.65 Å². The Balaban J connectivity index is 1.91. The predicted octanol–water partition coefficient (Wildman–Crippen LogP) is 5.04. The molecule has 3 rings (SSSR count). The summed E-state index contributed by atoms with van der Waals surface area (Å²) in [5, 5.41) is 12.7. The van der Waals surface area contributed by atoms with Crippen LogP contribution in [0.15, 0.2) is 60.0 Å². The van der Waals surface area contributed by atoms with Crippen molar-refractivity contribution in [2.45, 2.75) is 13.0 Å². The molecule has 24 heavy (non-hydrogen) atoms. The van der Waals surface area contributed by atoms with E-state index in [-0.39, 0.29) is 11.8 Å². The zero-order chi connectivity index (χ0) is 17.1. The van der Waals surface area contributed by atoms with Crippen LogP contribution in [0.2, 0.25) is 0 Å². The summed E-state index contributed by atoms with van der Waals surface area (Å²) in [6, 6.07) is 16.2. The summed E-state index contributed by atoms with van der Waals surface area (Å²) in [6.45, 7) is 1.95. The molecule has 0 amide bonds. The molecule has 0 fully saturated rings. The number of nitrogens with zero attached hydrogens (tertiary/aromatic N) is 2. The van der Waals surface area contributed by atoms with E-state index < -0.39 is 4.92 Å². The van der Waals surface area contributed by atoms with Gasteiger partial charge in [-0.2, -0.15) is 4.73 Å². The highest BCUT2D eigenvalue weighted by Gasteiger charge is 2.14. The fourth-order valence-corrected chi connectivity index (χ4v) is 3.25. The average molecular weight is 358 g/mol. The molecule has 0 radical (unpaired) electrons. The van der Waals surface area contributed by atoms with Gasteiger partial charge in [0.25, 0.3) is 5.69 Å². The smallest absolute Gasteiger partial charge is 0.269 e. The Morgan fingerprint density at radius 3 is 2.46 bits per heavy atom. The third kappa shape index (κ3) is 3.37. The first-order chi connectivity index (χ1) is 11.6. The van der Waals surface area contributed by atoms with Crippen LogP contribution in [-0.2, 0) is 0 Å². The van der Waals surface area contributed by atoms with Gasteiger partial charge in [-0.05, 0) is 36.8 Å². The Morgan fingerprint density at radius 1 is 1.17 bits per heavy atom. The number of nitro benzene ring substituents is 1. The maximum atomic E-state index is 10.8. The molecule has 7 heteroatoms. The maximum absolute atomic E-state index is 10.8. The van der Waals surface area contributed by atoms with Crippen molar-refractivity contribution in [1.29, 1.82) is 0 Å². The summed E-state index contributed by atoms with van der Waals surface area (Å²) in [7, 11) is 0. The topological polar surface area (TPSA) is 57.3 Å². The first kappa shape index (κ1) is 16.4. The molecule has 122 valence electrons. The summed E-state index contributed by atoms with van der Waals surface area (Å²) in [6.07, 6.45) is -0.177. The lowest BCUT2D eigenvalue weighted by Crippen LogP contribution is -2.16.